The fourth-order valence-electron chi connectivity index (χ4n) is 1.40. The van der Waals surface area contributed by atoms with E-state index in [0.29, 0.717) is 13.0 Å². The minimum atomic E-state index is -4.12. The molecule has 1 nitrogen and oxygen atoms in total. The largest absolute Gasteiger partial charge is 0.401 e. The number of hydrogen-bond acceptors (Lipinski definition) is 1. The zero-order valence-corrected chi connectivity index (χ0v) is 10.5. The second kappa shape index (κ2) is 5.68. The fraction of sp³-hybridized carbons (Fsp3) is 0.455. The van der Waals surface area contributed by atoms with Crippen molar-refractivity contribution in [1.82, 2.24) is 4.90 Å². The third kappa shape index (κ3) is 5.51. The number of halogens is 4. The molecule has 1 aromatic rings. The summed E-state index contributed by atoms with van der Waals surface area (Å²) < 4.78 is 37.1. The molecule has 0 atom stereocenters. The predicted octanol–water partition coefficient (Wildman–Crippen LogP) is 3.49. The minimum absolute atomic E-state index is 0.399. The molecule has 0 aliphatic carbocycles. The van der Waals surface area contributed by atoms with Crippen LogP contribution in [0.5, 0.6) is 0 Å². The normalized spacial score (nSPS) is 12.1. The molecule has 0 fully saturated rings. The zero-order chi connectivity index (χ0) is 12.2. The standard InChI is InChI=1S/C11H13BrF3N/c1-16(8-11(13,14)15)6-5-9-3-2-4-10(12)7-9/h2-4,7H,5-6,8H2,1H3. The second-order valence-corrected chi connectivity index (χ2v) is 4.65. The summed E-state index contributed by atoms with van der Waals surface area (Å²) in [4.78, 5) is 1.28. The number of alkyl halides is 3. The summed E-state index contributed by atoms with van der Waals surface area (Å²) in [5, 5.41) is 0. The van der Waals surface area contributed by atoms with E-state index >= 15 is 0 Å². The molecule has 0 spiro atoms. The lowest BCUT2D eigenvalue weighted by Crippen LogP contribution is -2.32. The maximum atomic E-state index is 12.0. The Labute approximate surface area is 101 Å². The van der Waals surface area contributed by atoms with Crippen LogP contribution < -0.4 is 0 Å². The van der Waals surface area contributed by atoms with Crippen molar-refractivity contribution in [3.05, 3.63) is 34.3 Å². The third-order valence-corrected chi connectivity index (χ3v) is 2.61. The highest BCUT2D eigenvalue weighted by molar-refractivity contribution is 9.10. The van der Waals surface area contributed by atoms with Gasteiger partial charge in [-0.2, -0.15) is 13.2 Å². The molecule has 0 aliphatic rings. The van der Waals surface area contributed by atoms with Crippen molar-refractivity contribution in [3.63, 3.8) is 0 Å². The number of nitrogens with zero attached hydrogens (tertiary/aromatic N) is 1. The quantitative estimate of drug-likeness (QED) is 0.822. The Morgan fingerprint density at radius 3 is 2.56 bits per heavy atom. The Balaban J connectivity index is 2.40. The van der Waals surface area contributed by atoms with Crippen molar-refractivity contribution in [2.24, 2.45) is 0 Å². The van der Waals surface area contributed by atoms with E-state index in [1.165, 1.54) is 11.9 Å². The molecule has 0 aliphatic heterocycles. The van der Waals surface area contributed by atoms with Crippen LogP contribution in [0, 0.1) is 0 Å². The molecule has 90 valence electrons. The number of hydrogen-bond donors (Lipinski definition) is 0. The minimum Gasteiger partial charge on any atom is -0.298 e. The average molecular weight is 296 g/mol. The molecule has 0 N–H and O–H groups in total. The molecule has 5 heteroatoms. The Bertz CT molecular complexity index is 338. The van der Waals surface area contributed by atoms with Crippen molar-refractivity contribution < 1.29 is 13.2 Å². The van der Waals surface area contributed by atoms with E-state index in [-0.39, 0.29) is 0 Å². The van der Waals surface area contributed by atoms with Crippen LogP contribution in [0.4, 0.5) is 13.2 Å². The van der Waals surface area contributed by atoms with Gasteiger partial charge in [-0.15, -0.1) is 0 Å². The Morgan fingerprint density at radius 1 is 1.31 bits per heavy atom. The van der Waals surface area contributed by atoms with Gasteiger partial charge in [-0.3, -0.25) is 4.90 Å². The van der Waals surface area contributed by atoms with Gasteiger partial charge in [-0.25, -0.2) is 0 Å². The summed E-state index contributed by atoms with van der Waals surface area (Å²) in [5.74, 6) is 0. The van der Waals surface area contributed by atoms with Crippen LogP contribution in [0.25, 0.3) is 0 Å². The SMILES string of the molecule is CN(CCc1cccc(Br)c1)CC(F)(F)F. The first kappa shape index (κ1) is 13.5. The van der Waals surface area contributed by atoms with Gasteiger partial charge >= 0.3 is 6.18 Å². The van der Waals surface area contributed by atoms with Crippen molar-refractivity contribution in [2.45, 2.75) is 12.6 Å². The Morgan fingerprint density at radius 2 is 2.00 bits per heavy atom. The lowest BCUT2D eigenvalue weighted by molar-refractivity contribution is -0.142. The van der Waals surface area contributed by atoms with Crippen molar-refractivity contribution in [2.75, 3.05) is 20.1 Å². The van der Waals surface area contributed by atoms with Gasteiger partial charge < -0.3 is 0 Å². The smallest absolute Gasteiger partial charge is 0.298 e. The van der Waals surface area contributed by atoms with Crippen LogP contribution in [0.2, 0.25) is 0 Å². The molecular formula is C11H13BrF3N. The summed E-state index contributed by atoms with van der Waals surface area (Å²) in [6.07, 6.45) is -3.50. The molecule has 0 amide bonds. The first-order chi connectivity index (χ1) is 7.37. The highest BCUT2D eigenvalue weighted by Crippen LogP contribution is 2.16. The van der Waals surface area contributed by atoms with E-state index in [0.717, 1.165) is 10.0 Å². The molecule has 0 radical (unpaired) electrons. The molecule has 1 aromatic carbocycles. The van der Waals surface area contributed by atoms with E-state index in [2.05, 4.69) is 15.9 Å². The van der Waals surface area contributed by atoms with Gasteiger partial charge in [0, 0.05) is 11.0 Å². The van der Waals surface area contributed by atoms with E-state index < -0.39 is 12.7 Å². The zero-order valence-electron chi connectivity index (χ0n) is 8.89. The van der Waals surface area contributed by atoms with Gasteiger partial charge in [0.1, 0.15) is 0 Å². The number of likely N-dealkylation sites (N-methyl/N-ethyl adjacent to an activating group) is 1. The first-order valence-corrected chi connectivity index (χ1v) is 5.66. The monoisotopic (exact) mass is 295 g/mol. The maximum absolute atomic E-state index is 12.0. The maximum Gasteiger partial charge on any atom is 0.401 e. The van der Waals surface area contributed by atoms with Crippen LogP contribution in [-0.4, -0.2) is 31.2 Å². The van der Waals surface area contributed by atoms with Crippen molar-refractivity contribution in [3.8, 4) is 0 Å². The third-order valence-electron chi connectivity index (χ3n) is 2.12. The molecular weight excluding hydrogens is 283 g/mol. The molecule has 0 bridgehead atoms. The van der Waals surface area contributed by atoms with E-state index in [9.17, 15) is 13.2 Å². The van der Waals surface area contributed by atoms with E-state index in [1.54, 1.807) is 0 Å². The van der Waals surface area contributed by atoms with E-state index in [1.807, 2.05) is 24.3 Å². The number of benzene rings is 1. The van der Waals surface area contributed by atoms with Crippen LogP contribution in [0.3, 0.4) is 0 Å². The molecule has 0 aromatic heterocycles. The summed E-state index contributed by atoms with van der Waals surface area (Å²) in [6.45, 7) is -0.461. The molecule has 0 unspecified atom stereocenters. The summed E-state index contributed by atoms with van der Waals surface area (Å²) in [5.41, 5.74) is 1.03. The second-order valence-electron chi connectivity index (χ2n) is 3.73. The van der Waals surface area contributed by atoms with Gasteiger partial charge in [-0.1, -0.05) is 28.1 Å². The summed E-state index contributed by atoms with van der Waals surface area (Å²) in [6, 6.07) is 7.60. The van der Waals surface area contributed by atoms with Crippen molar-refractivity contribution >= 4 is 15.9 Å². The fourth-order valence-corrected chi connectivity index (χ4v) is 1.84. The van der Waals surface area contributed by atoms with Gasteiger partial charge in [-0.05, 0) is 31.2 Å². The topological polar surface area (TPSA) is 3.24 Å². The van der Waals surface area contributed by atoms with E-state index in [4.69, 9.17) is 0 Å². The predicted molar refractivity (Wildman–Crippen MR) is 61.4 cm³/mol. The lowest BCUT2D eigenvalue weighted by Gasteiger charge is -2.18. The Hall–Kier alpha value is -0.550. The van der Waals surface area contributed by atoms with Gasteiger partial charge in [0.2, 0.25) is 0 Å². The molecule has 0 saturated carbocycles. The highest BCUT2D eigenvalue weighted by atomic mass is 79.9. The van der Waals surface area contributed by atoms with Crippen LogP contribution in [-0.2, 0) is 6.42 Å². The number of rotatable bonds is 4. The highest BCUT2D eigenvalue weighted by Gasteiger charge is 2.28. The van der Waals surface area contributed by atoms with Crippen molar-refractivity contribution in [1.29, 1.82) is 0 Å². The molecule has 0 heterocycles. The van der Waals surface area contributed by atoms with Crippen LogP contribution >= 0.6 is 15.9 Å². The molecule has 1 rings (SSSR count). The average Bonchev–Trinajstić information content (AvgIpc) is 2.12. The summed E-state index contributed by atoms with van der Waals surface area (Å²) in [7, 11) is 1.48. The lowest BCUT2D eigenvalue weighted by atomic mass is 10.1. The Kier molecular flexibility index (Phi) is 4.80. The molecule has 16 heavy (non-hydrogen) atoms. The summed E-state index contributed by atoms with van der Waals surface area (Å²) >= 11 is 3.32. The first-order valence-electron chi connectivity index (χ1n) is 4.86. The molecule has 0 saturated heterocycles. The van der Waals surface area contributed by atoms with Crippen LogP contribution in [0.15, 0.2) is 28.7 Å². The van der Waals surface area contributed by atoms with Gasteiger partial charge in [0.25, 0.3) is 0 Å². The van der Waals surface area contributed by atoms with Crippen LogP contribution in [0.1, 0.15) is 5.56 Å². The van der Waals surface area contributed by atoms with Gasteiger partial charge in [0.05, 0.1) is 6.54 Å². The van der Waals surface area contributed by atoms with Gasteiger partial charge in [0.15, 0.2) is 0 Å².